The van der Waals surface area contributed by atoms with E-state index in [0.29, 0.717) is 38.7 Å². The number of fused-ring (bicyclic) bond motifs is 3. The summed E-state index contributed by atoms with van der Waals surface area (Å²) < 4.78 is 6.02. The van der Waals surface area contributed by atoms with Crippen LogP contribution >= 0.6 is 22.9 Å². The molecule has 0 amide bonds. The van der Waals surface area contributed by atoms with Crippen molar-refractivity contribution < 1.29 is 14.6 Å². The highest BCUT2D eigenvalue weighted by Gasteiger charge is 2.38. The third-order valence-corrected chi connectivity index (χ3v) is 8.12. The Balaban J connectivity index is 1.57. The molecule has 2 N–H and O–H groups in total. The standard InChI is InChI=1S/C27H21ClN2O4S/c1-34-15-4-5-16(18(12-15)14-2-3-14)23-19(10-13-8-9-29-21(31)11-13)24(32)22-17-6-7-20(28)25(33)26(17)35-27(22)30-23/h4-9,11-12,14,19,33H,2-3,10H2,1H3,(H,29,31). The molecule has 0 spiro atoms. The number of halogens is 1. The van der Waals surface area contributed by atoms with Gasteiger partial charge in [-0.2, -0.15) is 0 Å². The molecule has 0 saturated heterocycles. The highest BCUT2D eigenvalue weighted by atomic mass is 35.5. The van der Waals surface area contributed by atoms with Gasteiger partial charge in [0.2, 0.25) is 5.56 Å². The second-order valence-corrected chi connectivity index (χ2v) is 10.4. The molecule has 8 heteroatoms. The molecule has 35 heavy (non-hydrogen) atoms. The van der Waals surface area contributed by atoms with Crippen molar-refractivity contribution in [1.82, 2.24) is 4.98 Å². The van der Waals surface area contributed by atoms with E-state index in [9.17, 15) is 14.7 Å². The normalized spacial score (nSPS) is 17.4. The number of rotatable bonds is 5. The summed E-state index contributed by atoms with van der Waals surface area (Å²) in [7, 11) is 1.64. The van der Waals surface area contributed by atoms with E-state index in [0.717, 1.165) is 35.3 Å². The number of benzene rings is 2. The number of thiophene rings is 1. The average molecular weight is 505 g/mol. The molecule has 2 aromatic heterocycles. The van der Waals surface area contributed by atoms with Gasteiger partial charge in [-0.25, -0.2) is 4.99 Å². The summed E-state index contributed by atoms with van der Waals surface area (Å²) in [5.41, 5.74) is 3.79. The summed E-state index contributed by atoms with van der Waals surface area (Å²) in [4.78, 5) is 33.7. The lowest BCUT2D eigenvalue weighted by molar-refractivity contribution is 0.0955. The number of phenols is 1. The Bertz CT molecular complexity index is 1600. The van der Waals surface area contributed by atoms with E-state index in [4.69, 9.17) is 21.3 Å². The van der Waals surface area contributed by atoms with Crippen molar-refractivity contribution >= 4 is 49.5 Å². The molecule has 0 radical (unpaired) electrons. The number of pyridine rings is 1. The quantitative estimate of drug-likeness (QED) is 0.348. The van der Waals surface area contributed by atoms with E-state index in [-0.39, 0.29) is 22.1 Å². The number of carbonyl (C=O) groups is 1. The molecule has 6 nitrogen and oxygen atoms in total. The average Bonchev–Trinajstić information content (AvgIpc) is 3.63. The number of ketones is 1. The van der Waals surface area contributed by atoms with Crippen LogP contribution in [0.3, 0.4) is 0 Å². The number of H-pyrrole nitrogens is 1. The second-order valence-electron chi connectivity index (χ2n) is 8.96. The number of hydrogen-bond acceptors (Lipinski definition) is 6. The van der Waals surface area contributed by atoms with Crippen LogP contribution in [0.2, 0.25) is 5.02 Å². The number of phenolic OH excluding ortho intramolecular Hbond substituents is 1. The number of methoxy groups -OCH3 is 1. The highest BCUT2D eigenvalue weighted by molar-refractivity contribution is 7.23. The van der Waals surface area contributed by atoms with E-state index in [1.165, 1.54) is 17.4 Å². The van der Waals surface area contributed by atoms with Crippen molar-refractivity contribution in [3.05, 3.63) is 86.3 Å². The molecule has 2 aromatic carbocycles. The molecule has 6 rings (SSSR count). The fourth-order valence-electron chi connectivity index (χ4n) is 4.83. The maximum atomic E-state index is 14.1. The SMILES string of the molecule is COc1ccc(C2=Nc3sc4c(O)c(Cl)ccc4c3C(=O)C2Cc2cc[nH]c(=O)c2)c(C2CC2)c1. The molecule has 1 aliphatic carbocycles. The lowest BCUT2D eigenvalue weighted by Gasteiger charge is -2.24. The summed E-state index contributed by atoms with van der Waals surface area (Å²) in [6.07, 6.45) is 4.10. The van der Waals surface area contributed by atoms with Crippen LogP contribution in [0.15, 0.2) is 58.4 Å². The number of aromatic nitrogens is 1. The first-order chi connectivity index (χ1) is 16.9. The number of nitrogens with zero attached hydrogens (tertiary/aromatic N) is 1. The number of carbonyl (C=O) groups excluding carboxylic acids is 1. The number of aromatic hydroxyl groups is 1. The zero-order valence-electron chi connectivity index (χ0n) is 18.8. The Morgan fingerprint density at radius 3 is 2.74 bits per heavy atom. The summed E-state index contributed by atoms with van der Waals surface area (Å²) in [6.45, 7) is 0. The molecule has 4 aromatic rings. The van der Waals surface area contributed by atoms with Crippen LogP contribution in [-0.2, 0) is 6.42 Å². The van der Waals surface area contributed by atoms with Gasteiger partial charge in [0, 0.05) is 23.2 Å². The van der Waals surface area contributed by atoms with Crippen LogP contribution < -0.4 is 10.3 Å². The summed E-state index contributed by atoms with van der Waals surface area (Å²) in [6, 6.07) is 12.6. The van der Waals surface area contributed by atoms with E-state index in [1.807, 2.05) is 24.3 Å². The van der Waals surface area contributed by atoms with E-state index < -0.39 is 5.92 Å². The number of aliphatic imine (C=N–C) groups is 1. The van der Waals surface area contributed by atoms with Gasteiger partial charge in [0.05, 0.1) is 34.0 Å². The topological polar surface area (TPSA) is 91.8 Å². The van der Waals surface area contributed by atoms with Gasteiger partial charge in [0.15, 0.2) is 11.5 Å². The maximum Gasteiger partial charge on any atom is 0.248 e. The molecular formula is C27H21ClN2O4S. The number of aromatic amines is 1. The van der Waals surface area contributed by atoms with Crippen molar-refractivity contribution in [2.45, 2.75) is 25.2 Å². The van der Waals surface area contributed by atoms with Crippen LogP contribution in [0.1, 0.15) is 45.8 Å². The number of ether oxygens (including phenoxy) is 1. The minimum Gasteiger partial charge on any atom is -0.505 e. The highest BCUT2D eigenvalue weighted by Crippen LogP contribution is 2.49. The Hall–Kier alpha value is -3.42. The second kappa shape index (κ2) is 8.36. The maximum absolute atomic E-state index is 14.1. The largest absolute Gasteiger partial charge is 0.505 e. The van der Waals surface area contributed by atoms with Crippen LogP contribution in [0.25, 0.3) is 10.1 Å². The van der Waals surface area contributed by atoms with Gasteiger partial charge >= 0.3 is 0 Å². The van der Waals surface area contributed by atoms with Crippen LogP contribution in [0, 0.1) is 5.92 Å². The van der Waals surface area contributed by atoms with Crippen molar-refractivity contribution in [3.63, 3.8) is 0 Å². The van der Waals surface area contributed by atoms with Crippen molar-refractivity contribution in [3.8, 4) is 11.5 Å². The van der Waals surface area contributed by atoms with Crippen molar-refractivity contribution in [1.29, 1.82) is 0 Å². The first-order valence-corrected chi connectivity index (χ1v) is 12.6. The van der Waals surface area contributed by atoms with Crippen molar-refractivity contribution in [2.24, 2.45) is 10.9 Å². The smallest absolute Gasteiger partial charge is 0.248 e. The van der Waals surface area contributed by atoms with Gasteiger partial charge in [-0.05, 0) is 66.6 Å². The zero-order valence-corrected chi connectivity index (χ0v) is 20.4. The minimum absolute atomic E-state index is 0.0395. The Kier molecular flexibility index (Phi) is 5.27. The molecule has 0 bridgehead atoms. The van der Waals surface area contributed by atoms with E-state index >= 15 is 0 Å². The monoisotopic (exact) mass is 504 g/mol. The first kappa shape index (κ1) is 22.1. The lowest BCUT2D eigenvalue weighted by Crippen LogP contribution is -2.30. The fourth-order valence-corrected chi connectivity index (χ4v) is 6.19. The fraction of sp³-hybridized carbons (Fsp3) is 0.222. The van der Waals surface area contributed by atoms with Gasteiger partial charge < -0.3 is 14.8 Å². The van der Waals surface area contributed by atoms with Gasteiger partial charge in [-0.3, -0.25) is 9.59 Å². The Morgan fingerprint density at radius 1 is 1.17 bits per heavy atom. The molecule has 1 fully saturated rings. The van der Waals surface area contributed by atoms with Crippen molar-refractivity contribution in [2.75, 3.05) is 7.11 Å². The molecule has 1 unspecified atom stereocenters. The van der Waals surface area contributed by atoms with Gasteiger partial charge in [0.25, 0.3) is 0 Å². The Morgan fingerprint density at radius 2 is 2.00 bits per heavy atom. The van der Waals surface area contributed by atoms with Crippen LogP contribution in [-0.4, -0.2) is 28.7 Å². The van der Waals surface area contributed by atoms with Gasteiger partial charge in [0.1, 0.15) is 10.8 Å². The van der Waals surface area contributed by atoms with Crippen LogP contribution in [0.5, 0.6) is 11.5 Å². The zero-order chi connectivity index (χ0) is 24.3. The molecular weight excluding hydrogens is 484 g/mol. The predicted molar refractivity (Wildman–Crippen MR) is 138 cm³/mol. The number of hydrogen-bond donors (Lipinski definition) is 2. The van der Waals surface area contributed by atoms with Gasteiger partial charge in [-0.1, -0.05) is 17.7 Å². The minimum atomic E-state index is -0.578. The van der Waals surface area contributed by atoms with Gasteiger partial charge in [-0.15, -0.1) is 11.3 Å². The molecule has 1 saturated carbocycles. The third kappa shape index (κ3) is 3.75. The molecule has 2 aliphatic rings. The third-order valence-electron chi connectivity index (χ3n) is 6.71. The van der Waals surface area contributed by atoms with E-state index in [2.05, 4.69) is 4.98 Å². The Labute approximate surface area is 209 Å². The molecule has 1 atom stereocenters. The number of Topliss-reactive ketones (excluding diaryl/α,β-unsaturated/α-hetero) is 1. The summed E-state index contributed by atoms with van der Waals surface area (Å²) >= 11 is 7.41. The molecule has 1 aliphatic heterocycles. The summed E-state index contributed by atoms with van der Waals surface area (Å²) in [5.74, 6) is 0.487. The molecule has 3 heterocycles. The first-order valence-electron chi connectivity index (χ1n) is 11.4. The van der Waals surface area contributed by atoms with E-state index in [1.54, 1.807) is 25.4 Å². The molecule has 176 valence electrons. The summed E-state index contributed by atoms with van der Waals surface area (Å²) in [5, 5.41) is 12.0. The predicted octanol–water partition coefficient (Wildman–Crippen LogP) is 6.01. The van der Waals surface area contributed by atoms with Crippen LogP contribution in [0.4, 0.5) is 5.00 Å². The number of nitrogens with one attached hydrogen (secondary N) is 1. The lowest BCUT2D eigenvalue weighted by atomic mass is 9.81.